The van der Waals surface area contributed by atoms with Crippen LogP contribution in [0.5, 0.6) is 0 Å². The minimum Gasteiger partial charge on any atom is -0.478 e. The molecule has 182 valence electrons. The molecule has 1 aromatic rings. The van der Waals surface area contributed by atoms with Gasteiger partial charge >= 0.3 is 5.97 Å². The Hall–Kier alpha value is -2.70. The predicted molar refractivity (Wildman–Crippen MR) is 130 cm³/mol. The molecule has 34 heavy (non-hydrogen) atoms. The maximum atomic E-state index is 13.8. The van der Waals surface area contributed by atoms with E-state index in [2.05, 4.69) is 5.32 Å². The number of rotatable bonds is 3. The average Bonchev–Trinajstić information content (AvgIpc) is 3.06. The van der Waals surface area contributed by atoms with Crippen LogP contribution in [0.2, 0.25) is 0 Å². The number of carbonyl (C=O) groups is 2. The molecule has 1 amide bonds. The van der Waals surface area contributed by atoms with E-state index in [4.69, 9.17) is 0 Å². The zero-order chi connectivity index (χ0) is 24.7. The van der Waals surface area contributed by atoms with Gasteiger partial charge in [0.15, 0.2) is 0 Å². The molecule has 6 heteroatoms. The lowest BCUT2D eigenvalue weighted by Crippen LogP contribution is -2.54. The molecule has 6 nitrogen and oxygen atoms in total. The maximum Gasteiger partial charge on any atom is 0.331 e. The molecule has 0 aromatic heterocycles. The summed E-state index contributed by atoms with van der Waals surface area (Å²) in [6.07, 6.45) is 9.19. The van der Waals surface area contributed by atoms with Crippen LogP contribution in [0.15, 0.2) is 66.3 Å². The van der Waals surface area contributed by atoms with Crippen molar-refractivity contribution in [2.24, 2.45) is 29.1 Å². The summed E-state index contributed by atoms with van der Waals surface area (Å²) in [7, 11) is 0. The maximum absolute atomic E-state index is 13.8. The van der Waals surface area contributed by atoms with Crippen molar-refractivity contribution >= 4 is 11.9 Å². The highest BCUT2D eigenvalue weighted by molar-refractivity contribution is 5.92. The van der Waals surface area contributed by atoms with Gasteiger partial charge in [-0.25, -0.2) is 4.79 Å². The van der Waals surface area contributed by atoms with Crippen LogP contribution in [0.4, 0.5) is 0 Å². The van der Waals surface area contributed by atoms with Crippen molar-refractivity contribution in [3.8, 4) is 0 Å². The third kappa shape index (κ3) is 4.25. The highest BCUT2D eigenvalue weighted by atomic mass is 16.4. The fraction of sp³-hybridized carbons (Fsp3) is 0.500. The average molecular weight is 466 g/mol. The zero-order valence-corrected chi connectivity index (χ0v) is 20.0. The molecule has 1 aliphatic heterocycles. The predicted octanol–water partition coefficient (Wildman–Crippen LogP) is 3.26. The number of aliphatic hydroxyl groups is 2. The van der Waals surface area contributed by atoms with E-state index in [1.54, 1.807) is 25.2 Å². The van der Waals surface area contributed by atoms with Crippen LogP contribution in [0, 0.1) is 29.1 Å². The Labute approximate surface area is 201 Å². The van der Waals surface area contributed by atoms with Gasteiger partial charge in [0.1, 0.15) is 0 Å². The van der Waals surface area contributed by atoms with Gasteiger partial charge in [0, 0.05) is 23.5 Å². The number of benzene rings is 1. The Morgan fingerprint density at radius 1 is 1.18 bits per heavy atom. The molecule has 3 aliphatic rings. The summed E-state index contributed by atoms with van der Waals surface area (Å²) in [5, 5.41) is 35.6. The van der Waals surface area contributed by atoms with Gasteiger partial charge in [-0.15, -0.1) is 0 Å². The lowest BCUT2D eigenvalue weighted by molar-refractivity contribution is -0.141. The van der Waals surface area contributed by atoms with Crippen molar-refractivity contribution in [1.82, 2.24) is 5.32 Å². The molecule has 1 heterocycles. The molecule has 4 N–H and O–H groups in total. The smallest absolute Gasteiger partial charge is 0.331 e. The number of carbonyl (C=O) groups excluding carboxylic acids is 1. The van der Waals surface area contributed by atoms with E-state index < -0.39 is 40.8 Å². The van der Waals surface area contributed by atoms with Gasteiger partial charge < -0.3 is 20.6 Å². The SMILES string of the molecule is C[C@@H]1CC=C[C@@H]2C=C(C(=O)O)[C@H](C)[C@@H]3[C@@H](Cc4ccccc4)NC(=O)[C@]23[C@@H](O)C=C[C@@](C)(O)C1. The summed E-state index contributed by atoms with van der Waals surface area (Å²) in [6.45, 7) is 5.59. The van der Waals surface area contributed by atoms with Crippen LogP contribution >= 0.6 is 0 Å². The molecule has 1 saturated heterocycles. The number of nitrogens with one attached hydrogen (secondary N) is 1. The van der Waals surface area contributed by atoms with E-state index in [0.717, 1.165) is 5.56 Å². The van der Waals surface area contributed by atoms with Gasteiger partial charge in [0.2, 0.25) is 5.91 Å². The van der Waals surface area contributed by atoms with Crippen LogP contribution in [-0.4, -0.2) is 44.9 Å². The first-order valence-electron chi connectivity index (χ1n) is 12.1. The van der Waals surface area contributed by atoms with E-state index in [9.17, 15) is 24.9 Å². The molecule has 0 radical (unpaired) electrons. The van der Waals surface area contributed by atoms with Crippen molar-refractivity contribution in [3.63, 3.8) is 0 Å². The zero-order valence-electron chi connectivity index (χ0n) is 20.0. The third-order valence-electron chi connectivity index (χ3n) is 7.95. The van der Waals surface area contributed by atoms with Gasteiger partial charge in [-0.2, -0.15) is 0 Å². The van der Waals surface area contributed by atoms with Crippen LogP contribution in [-0.2, 0) is 16.0 Å². The molecule has 4 rings (SSSR count). The summed E-state index contributed by atoms with van der Waals surface area (Å²) < 4.78 is 0. The monoisotopic (exact) mass is 465 g/mol. The number of aliphatic carboxylic acids is 1. The van der Waals surface area contributed by atoms with Crippen LogP contribution in [0.25, 0.3) is 0 Å². The fourth-order valence-electron chi connectivity index (χ4n) is 6.51. The van der Waals surface area contributed by atoms with E-state index in [1.807, 2.05) is 56.3 Å². The first-order chi connectivity index (χ1) is 16.1. The second-order valence-electron chi connectivity index (χ2n) is 10.6. The number of aliphatic hydroxyl groups excluding tert-OH is 1. The summed E-state index contributed by atoms with van der Waals surface area (Å²) in [4.78, 5) is 26.0. The summed E-state index contributed by atoms with van der Waals surface area (Å²) in [5.74, 6) is -2.59. The van der Waals surface area contributed by atoms with Crippen LogP contribution < -0.4 is 5.32 Å². The van der Waals surface area contributed by atoms with Gasteiger partial charge in [0.25, 0.3) is 0 Å². The molecule has 0 bridgehead atoms. The number of carboxylic acid groups (broad SMARTS) is 1. The summed E-state index contributed by atoms with van der Waals surface area (Å²) in [5.41, 5.74) is -1.08. The molecule has 1 fully saturated rings. The topological polar surface area (TPSA) is 107 Å². The van der Waals surface area contributed by atoms with Crippen molar-refractivity contribution in [2.75, 3.05) is 0 Å². The molecule has 8 atom stereocenters. The van der Waals surface area contributed by atoms with Crippen molar-refractivity contribution in [2.45, 2.75) is 57.8 Å². The first-order valence-corrected chi connectivity index (χ1v) is 12.1. The molecule has 0 saturated carbocycles. The molecular formula is C28H35NO5. The second kappa shape index (κ2) is 9.16. The molecule has 1 aromatic carbocycles. The highest BCUT2D eigenvalue weighted by Crippen LogP contribution is 2.56. The Morgan fingerprint density at radius 2 is 1.88 bits per heavy atom. The minimum absolute atomic E-state index is 0.173. The Kier molecular flexibility index (Phi) is 6.58. The standard InChI is InChI=1S/C28H35NO5/c1-17-8-7-11-20-15-21(25(31)32)18(2)24-22(14-19-9-5-4-6-10-19)29-26(33)28(20,24)23(30)12-13-27(3,34)16-17/h4-7,9-13,15,17-18,20,22-24,30,34H,8,14,16H2,1-3H3,(H,29,33)(H,31,32)/t17-,18+,20-,22-,23+,24-,27-,28+/m1/s1. The van der Waals surface area contributed by atoms with Gasteiger partial charge in [-0.3, -0.25) is 4.79 Å². The van der Waals surface area contributed by atoms with Crippen LogP contribution in [0.3, 0.4) is 0 Å². The molecular weight excluding hydrogens is 430 g/mol. The van der Waals surface area contributed by atoms with Gasteiger partial charge in [0.05, 0.1) is 17.1 Å². The number of hydrogen-bond acceptors (Lipinski definition) is 4. The van der Waals surface area contributed by atoms with E-state index in [0.29, 0.717) is 19.3 Å². The summed E-state index contributed by atoms with van der Waals surface area (Å²) in [6, 6.07) is 9.45. The van der Waals surface area contributed by atoms with E-state index in [1.165, 1.54) is 0 Å². The number of allylic oxidation sites excluding steroid dienone is 3. The number of carboxylic acids is 1. The largest absolute Gasteiger partial charge is 0.478 e. The number of hydrogen-bond donors (Lipinski definition) is 4. The molecule has 1 spiro atoms. The van der Waals surface area contributed by atoms with Crippen molar-refractivity contribution in [1.29, 1.82) is 0 Å². The van der Waals surface area contributed by atoms with Crippen LogP contribution in [0.1, 0.15) is 39.2 Å². The Morgan fingerprint density at radius 3 is 2.56 bits per heavy atom. The molecule has 0 unspecified atom stereocenters. The second-order valence-corrected chi connectivity index (χ2v) is 10.6. The Balaban J connectivity index is 1.88. The van der Waals surface area contributed by atoms with E-state index in [-0.39, 0.29) is 23.4 Å². The van der Waals surface area contributed by atoms with Gasteiger partial charge in [-0.1, -0.05) is 74.6 Å². The lowest BCUT2D eigenvalue weighted by atomic mass is 9.54. The number of amides is 1. The quantitative estimate of drug-likeness (QED) is 0.513. The first kappa shape index (κ1) is 24.4. The van der Waals surface area contributed by atoms with Gasteiger partial charge in [-0.05, 0) is 43.6 Å². The minimum atomic E-state index is -1.27. The molecule has 2 aliphatic carbocycles. The highest BCUT2D eigenvalue weighted by Gasteiger charge is 2.65. The lowest BCUT2D eigenvalue weighted by Gasteiger charge is -2.47. The summed E-state index contributed by atoms with van der Waals surface area (Å²) >= 11 is 0. The van der Waals surface area contributed by atoms with Crippen molar-refractivity contribution in [3.05, 3.63) is 71.8 Å². The fourth-order valence-corrected chi connectivity index (χ4v) is 6.51. The van der Waals surface area contributed by atoms with E-state index >= 15 is 0 Å². The van der Waals surface area contributed by atoms with Crippen molar-refractivity contribution < 1.29 is 24.9 Å². The Bertz CT molecular complexity index is 1030. The normalized spacial score (nSPS) is 39.9. The third-order valence-corrected chi connectivity index (χ3v) is 7.95.